The van der Waals surface area contributed by atoms with E-state index in [1.54, 1.807) is 26.0 Å². The molecule has 30 heavy (non-hydrogen) atoms. The van der Waals surface area contributed by atoms with Crippen molar-refractivity contribution in [2.45, 2.75) is 50.6 Å². The van der Waals surface area contributed by atoms with Crippen molar-refractivity contribution < 1.29 is 23.0 Å². The smallest absolute Gasteiger partial charge is 0.431 e. The molecule has 4 rings (SSSR count). The third-order valence-electron chi connectivity index (χ3n) is 5.77. The largest absolute Gasteiger partial charge is 0.493 e. The van der Waals surface area contributed by atoms with Crippen LogP contribution in [0.25, 0.3) is 10.9 Å². The molecular weight excluding hydrogens is 393 g/mol. The molecule has 0 spiro atoms. The number of aromatic amines is 1. The van der Waals surface area contributed by atoms with Crippen LogP contribution in [0.5, 0.6) is 5.75 Å². The summed E-state index contributed by atoms with van der Waals surface area (Å²) in [7, 11) is 0. The monoisotopic (exact) mass is 418 g/mol. The van der Waals surface area contributed by atoms with Gasteiger partial charge in [-0.2, -0.15) is 13.2 Å². The Hall–Kier alpha value is -2.51. The maximum Gasteiger partial charge on any atom is 0.431 e. The molecule has 3 aromatic rings. The maximum atomic E-state index is 14.0. The summed E-state index contributed by atoms with van der Waals surface area (Å²) in [6.45, 7) is 3.77. The minimum atomic E-state index is -4.85. The molecule has 0 aliphatic carbocycles. The summed E-state index contributed by atoms with van der Waals surface area (Å²) in [6, 6.07) is 14.8. The van der Waals surface area contributed by atoms with Crippen LogP contribution >= 0.6 is 0 Å². The number of aliphatic hydroxyl groups is 1. The summed E-state index contributed by atoms with van der Waals surface area (Å²) >= 11 is 0. The van der Waals surface area contributed by atoms with Gasteiger partial charge in [0, 0.05) is 36.2 Å². The summed E-state index contributed by atoms with van der Waals surface area (Å²) in [5, 5.41) is 14.0. The van der Waals surface area contributed by atoms with Gasteiger partial charge in [0.1, 0.15) is 5.75 Å². The van der Waals surface area contributed by atoms with E-state index in [2.05, 4.69) is 10.3 Å². The number of fused-ring (bicyclic) bond motifs is 2. The molecule has 4 nitrogen and oxygen atoms in total. The number of nitrogens with one attached hydrogen (secondary N) is 2. The summed E-state index contributed by atoms with van der Waals surface area (Å²) < 4.78 is 47.6. The van der Waals surface area contributed by atoms with Crippen molar-refractivity contribution in [1.82, 2.24) is 10.3 Å². The maximum absolute atomic E-state index is 14.0. The average Bonchev–Trinajstić information content (AvgIpc) is 3.31. The zero-order valence-electron chi connectivity index (χ0n) is 16.9. The van der Waals surface area contributed by atoms with Gasteiger partial charge in [-0.15, -0.1) is 0 Å². The molecule has 0 saturated heterocycles. The Morgan fingerprint density at radius 2 is 1.87 bits per heavy atom. The van der Waals surface area contributed by atoms with E-state index in [0.717, 1.165) is 22.9 Å². The minimum absolute atomic E-state index is 0.149. The quantitative estimate of drug-likeness (QED) is 0.504. The molecule has 1 aliphatic heterocycles. The van der Waals surface area contributed by atoms with E-state index in [1.807, 2.05) is 36.4 Å². The van der Waals surface area contributed by atoms with Gasteiger partial charge in [-0.1, -0.05) is 50.2 Å². The van der Waals surface area contributed by atoms with E-state index >= 15 is 0 Å². The third kappa shape index (κ3) is 3.79. The Morgan fingerprint density at radius 3 is 2.60 bits per heavy atom. The lowest BCUT2D eigenvalue weighted by atomic mass is 9.76. The van der Waals surface area contributed by atoms with Crippen LogP contribution in [0.1, 0.15) is 37.1 Å². The molecule has 0 fully saturated rings. The molecule has 7 heteroatoms. The van der Waals surface area contributed by atoms with Gasteiger partial charge in [0.2, 0.25) is 5.72 Å². The number of hydrogen-bond acceptors (Lipinski definition) is 3. The highest BCUT2D eigenvalue weighted by Gasteiger charge is 2.56. The lowest BCUT2D eigenvalue weighted by Crippen LogP contribution is -2.59. The summed E-state index contributed by atoms with van der Waals surface area (Å²) in [6.07, 6.45) is -4.67. The lowest BCUT2D eigenvalue weighted by molar-refractivity contribution is -0.280. The van der Waals surface area contributed by atoms with Gasteiger partial charge in [0.05, 0.1) is 6.61 Å². The molecule has 2 heterocycles. The molecular formula is C23H25F3N2O2. The molecule has 1 aromatic heterocycles. The molecule has 2 aromatic carbocycles. The second-order valence-electron chi connectivity index (χ2n) is 8.55. The highest BCUT2D eigenvalue weighted by Crippen LogP contribution is 2.44. The molecule has 1 atom stereocenters. The number of hydrogen-bond donors (Lipinski definition) is 3. The van der Waals surface area contributed by atoms with E-state index in [-0.39, 0.29) is 6.54 Å². The first-order valence-corrected chi connectivity index (χ1v) is 9.95. The SMILES string of the molecule is CC(C)(CC(O)(NCc1cc2ccccc2[nH]1)C(F)(F)F)c1cccc2c1OCC2. The van der Waals surface area contributed by atoms with Crippen molar-refractivity contribution in [3.63, 3.8) is 0 Å². The van der Waals surface area contributed by atoms with Crippen molar-refractivity contribution in [3.8, 4) is 5.75 Å². The van der Waals surface area contributed by atoms with Crippen molar-refractivity contribution in [1.29, 1.82) is 0 Å². The van der Waals surface area contributed by atoms with Crippen molar-refractivity contribution >= 4 is 10.9 Å². The Labute approximate surface area is 173 Å². The van der Waals surface area contributed by atoms with E-state index in [4.69, 9.17) is 4.74 Å². The highest BCUT2D eigenvalue weighted by atomic mass is 19.4. The number of alkyl halides is 3. The molecule has 0 saturated carbocycles. The minimum Gasteiger partial charge on any atom is -0.493 e. The van der Waals surface area contributed by atoms with Crippen LogP contribution in [-0.4, -0.2) is 28.6 Å². The zero-order chi connectivity index (χ0) is 21.6. The van der Waals surface area contributed by atoms with Gasteiger partial charge in [-0.3, -0.25) is 5.32 Å². The number of benzene rings is 2. The number of rotatable bonds is 6. The van der Waals surface area contributed by atoms with Gasteiger partial charge in [0.25, 0.3) is 0 Å². The van der Waals surface area contributed by atoms with Crippen LogP contribution in [0.4, 0.5) is 13.2 Å². The number of H-pyrrole nitrogens is 1. The molecule has 3 N–H and O–H groups in total. The first kappa shape index (κ1) is 20.8. The summed E-state index contributed by atoms with van der Waals surface area (Å²) in [5.41, 5.74) is -0.972. The number of para-hydroxylation sites is 2. The van der Waals surface area contributed by atoms with E-state index in [0.29, 0.717) is 23.6 Å². The Bertz CT molecular complexity index is 1030. The van der Waals surface area contributed by atoms with E-state index in [1.165, 1.54) is 0 Å². The fourth-order valence-corrected chi connectivity index (χ4v) is 4.22. The predicted octanol–water partition coefficient (Wildman–Crippen LogP) is 4.81. The Kier molecular flexibility index (Phi) is 5.06. The molecule has 1 aliphatic rings. The molecule has 1 unspecified atom stereocenters. The fourth-order valence-electron chi connectivity index (χ4n) is 4.22. The molecule has 0 radical (unpaired) electrons. The number of ether oxygens (including phenoxy) is 1. The Morgan fingerprint density at radius 1 is 1.10 bits per heavy atom. The van der Waals surface area contributed by atoms with Gasteiger partial charge in [-0.05, 0) is 28.5 Å². The van der Waals surface area contributed by atoms with Crippen molar-refractivity contribution in [3.05, 3.63) is 65.4 Å². The van der Waals surface area contributed by atoms with E-state index < -0.39 is 23.7 Å². The normalized spacial score (nSPS) is 16.3. The molecule has 160 valence electrons. The standard InChI is InChI=1S/C23H25F3N2O2/c1-21(2,18-8-5-7-15-10-11-30-20(15)18)14-22(29,23(24,25)26)27-13-17-12-16-6-3-4-9-19(16)28-17/h3-9,12,27-29H,10-11,13-14H2,1-2H3. The van der Waals surface area contributed by atoms with Gasteiger partial charge in [-0.25, -0.2) is 0 Å². The zero-order valence-corrected chi connectivity index (χ0v) is 16.9. The van der Waals surface area contributed by atoms with Gasteiger partial charge >= 0.3 is 6.18 Å². The number of aromatic nitrogens is 1. The fraction of sp³-hybridized carbons (Fsp3) is 0.391. The topological polar surface area (TPSA) is 57.3 Å². The average molecular weight is 418 g/mol. The molecule has 0 bridgehead atoms. The van der Waals surface area contributed by atoms with Crippen LogP contribution in [0, 0.1) is 0 Å². The molecule has 0 amide bonds. The lowest BCUT2D eigenvalue weighted by Gasteiger charge is -2.38. The van der Waals surface area contributed by atoms with Crippen molar-refractivity contribution in [2.75, 3.05) is 6.61 Å². The Balaban J connectivity index is 1.59. The van der Waals surface area contributed by atoms with Crippen LogP contribution in [0.15, 0.2) is 48.5 Å². The first-order valence-electron chi connectivity index (χ1n) is 9.95. The van der Waals surface area contributed by atoms with Crippen LogP contribution in [0.2, 0.25) is 0 Å². The van der Waals surface area contributed by atoms with Crippen LogP contribution in [-0.2, 0) is 18.4 Å². The highest BCUT2D eigenvalue weighted by molar-refractivity contribution is 5.80. The third-order valence-corrected chi connectivity index (χ3v) is 5.77. The summed E-state index contributed by atoms with van der Waals surface area (Å²) in [5.74, 6) is 0.641. The summed E-state index contributed by atoms with van der Waals surface area (Å²) in [4.78, 5) is 3.09. The predicted molar refractivity (Wildman–Crippen MR) is 109 cm³/mol. The van der Waals surface area contributed by atoms with Crippen molar-refractivity contribution in [2.24, 2.45) is 0 Å². The van der Waals surface area contributed by atoms with Crippen LogP contribution < -0.4 is 10.1 Å². The second-order valence-corrected chi connectivity index (χ2v) is 8.55. The van der Waals surface area contributed by atoms with Gasteiger partial charge < -0.3 is 14.8 Å². The van der Waals surface area contributed by atoms with Gasteiger partial charge in [0.15, 0.2) is 0 Å². The van der Waals surface area contributed by atoms with Crippen LogP contribution in [0.3, 0.4) is 0 Å². The number of halogens is 3. The van der Waals surface area contributed by atoms with E-state index in [9.17, 15) is 18.3 Å². The first-order chi connectivity index (χ1) is 14.1. The second kappa shape index (κ2) is 7.32.